The van der Waals surface area contributed by atoms with Gasteiger partial charge in [-0.15, -0.1) is 47.5 Å². The van der Waals surface area contributed by atoms with Gasteiger partial charge in [-0.05, 0) is 35.4 Å². The van der Waals surface area contributed by atoms with Crippen molar-refractivity contribution in [3.05, 3.63) is 151 Å². The van der Waals surface area contributed by atoms with Crippen molar-refractivity contribution in [2.45, 2.75) is 13.8 Å². The number of rotatable bonds is 6. The molecule has 39 heavy (non-hydrogen) atoms. The van der Waals surface area contributed by atoms with E-state index in [0.29, 0.717) is 5.71 Å². The summed E-state index contributed by atoms with van der Waals surface area (Å²) >= 11 is 0. The maximum absolute atomic E-state index is 9.47. The quantitative estimate of drug-likeness (QED) is 0.112. The van der Waals surface area contributed by atoms with Crippen LogP contribution in [0.25, 0.3) is 38.9 Å². The zero-order chi connectivity index (χ0) is 26.7. The van der Waals surface area contributed by atoms with E-state index in [1.54, 1.807) is 19.2 Å². The molecule has 0 aliphatic carbocycles. The van der Waals surface area contributed by atoms with E-state index in [0.717, 1.165) is 28.2 Å². The molecule has 3 nitrogen and oxygen atoms in total. The van der Waals surface area contributed by atoms with Crippen LogP contribution in [0.1, 0.15) is 13.8 Å². The molecule has 0 saturated heterocycles. The Morgan fingerprint density at radius 3 is 1.97 bits per heavy atom. The molecule has 1 heterocycles. The Hall–Kier alpha value is -4.14. The second-order valence-corrected chi connectivity index (χ2v) is 8.88. The average molecular weight is 596 g/mol. The molecule has 4 aromatic carbocycles. The first-order chi connectivity index (χ1) is 18.5. The largest absolute Gasteiger partial charge is 3.00 e. The average Bonchev–Trinajstić information content (AvgIpc) is 2.98. The van der Waals surface area contributed by atoms with Crippen LogP contribution in [0.3, 0.4) is 0 Å². The van der Waals surface area contributed by atoms with Crippen LogP contribution >= 0.6 is 0 Å². The Labute approximate surface area is 245 Å². The molecule has 0 N–H and O–H groups in total. The van der Waals surface area contributed by atoms with Crippen LogP contribution in [0.4, 0.5) is 5.69 Å². The van der Waals surface area contributed by atoms with Crippen LogP contribution in [0.15, 0.2) is 133 Å². The van der Waals surface area contributed by atoms with Crippen LogP contribution < -0.4 is 4.90 Å². The van der Waals surface area contributed by atoms with Crippen molar-refractivity contribution in [2.75, 3.05) is 11.9 Å². The van der Waals surface area contributed by atoms with E-state index in [4.69, 9.17) is 0 Å². The number of allylic oxidation sites excluding steroid dienone is 2. The summed E-state index contributed by atoms with van der Waals surface area (Å²) < 4.78 is 0. The SMILES string of the molecule is CC(=[N-])/C=C(/C)N(C)c1[c-]ccc(-c2ccc(-c3ccccc3)cc2)c1.[Rh+3].[c-]1ccccc1-c1ccccn1. The van der Waals surface area contributed by atoms with Gasteiger partial charge in [0.15, 0.2) is 0 Å². The third-order valence-corrected chi connectivity index (χ3v) is 6.07. The molecule has 0 bridgehead atoms. The molecule has 0 saturated carbocycles. The van der Waals surface area contributed by atoms with Crippen molar-refractivity contribution in [3.63, 3.8) is 0 Å². The fourth-order valence-corrected chi connectivity index (χ4v) is 3.98. The minimum absolute atomic E-state index is 0. The van der Waals surface area contributed by atoms with Gasteiger partial charge in [-0.25, -0.2) is 0 Å². The van der Waals surface area contributed by atoms with E-state index in [9.17, 15) is 5.41 Å². The molecule has 0 unspecified atom stereocenters. The van der Waals surface area contributed by atoms with Crippen LogP contribution in [-0.4, -0.2) is 17.7 Å². The smallest absolute Gasteiger partial charge is 0.808 e. The van der Waals surface area contributed by atoms with Crippen molar-refractivity contribution < 1.29 is 19.5 Å². The Morgan fingerprint density at radius 2 is 1.36 bits per heavy atom. The summed E-state index contributed by atoms with van der Waals surface area (Å²) in [6.07, 6.45) is 3.53. The molecular formula is C35H30N3Rh. The van der Waals surface area contributed by atoms with Gasteiger partial charge in [-0.1, -0.05) is 85.4 Å². The van der Waals surface area contributed by atoms with Crippen LogP contribution in [0, 0.1) is 12.1 Å². The van der Waals surface area contributed by atoms with Gasteiger partial charge in [-0.2, -0.15) is 23.9 Å². The second kappa shape index (κ2) is 14.7. The summed E-state index contributed by atoms with van der Waals surface area (Å²) in [4.78, 5) is 6.23. The van der Waals surface area contributed by atoms with Gasteiger partial charge < -0.3 is 15.3 Å². The molecule has 1 aromatic heterocycles. The molecule has 0 spiro atoms. The fourth-order valence-electron chi connectivity index (χ4n) is 3.98. The van der Waals surface area contributed by atoms with E-state index < -0.39 is 0 Å². The maximum atomic E-state index is 9.47. The standard InChI is InChI=1S/C24H22N2.C11H8N.Rh/c1-18(25)16-19(2)26(3)24-11-7-10-23(17-24)22-14-12-21(13-15-22)20-8-5-4-6-9-20;1-2-6-10(7-3-1)11-8-4-5-9-12-11;/h4-10,12-17H,1-3H3;1-6,8-9H;/q-2;-1;+3/b19-16-;;. The van der Waals surface area contributed by atoms with Crippen LogP contribution in [0.5, 0.6) is 0 Å². The predicted molar refractivity (Wildman–Crippen MR) is 161 cm³/mol. The fraction of sp³-hybridized carbons (Fsp3) is 0.0857. The van der Waals surface area contributed by atoms with Crippen LogP contribution in [0.2, 0.25) is 0 Å². The summed E-state index contributed by atoms with van der Waals surface area (Å²) in [5.74, 6) is 0. The summed E-state index contributed by atoms with van der Waals surface area (Å²) in [5.41, 5.74) is 8.96. The van der Waals surface area contributed by atoms with E-state index >= 15 is 0 Å². The first kappa shape index (κ1) is 29.4. The van der Waals surface area contributed by atoms with Gasteiger partial charge in [0.25, 0.3) is 0 Å². The molecule has 194 valence electrons. The topological polar surface area (TPSA) is 38.4 Å². The van der Waals surface area contributed by atoms with Gasteiger partial charge in [0.2, 0.25) is 0 Å². The number of anilines is 1. The van der Waals surface area contributed by atoms with E-state index in [2.05, 4.69) is 77.8 Å². The van der Waals surface area contributed by atoms with E-state index in [1.807, 2.05) is 73.5 Å². The van der Waals surface area contributed by atoms with Gasteiger partial charge in [0.1, 0.15) is 0 Å². The van der Waals surface area contributed by atoms with E-state index in [-0.39, 0.29) is 19.5 Å². The van der Waals surface area contributed by atoms with Gasteiger partial charge in [0.05, 0.1) is 0 Å². The normalized spacial score (nSPS) is 10.5. The Morgan fingerprint density at radius 1 is 0.718 bits per heavy atom. The van der Waals surface area contributed by atoms with Crippen molar-refractivity contribution in [2.24, 2.45) is 0 Å². The predicted octanol–water partition coefficient (Wildman–Crippen LogP) is 8.74. The number of hydrogen-bond acceptors (Lipinski definition) is 2. The number of pyridine rings is 1. The molecule has 5 rings (SSSR count). The van der Waals surface area contributed by atoms with Crippen molar-refractivity contribution in [1.82, 2.24) is 4.98 Å². The first-order valence-electron chi connectivity index (χ1n) is 12.5. The maximum Gasteiger partial charge on any atom is 3.00 e. The zero-order valence-corrected chi connectivity index (χ0v) is 23.9. The molecule has 4 heteroatoms. The van der Waals surface area contributed by atoms with Gasteiger partial charge in [-0.3, -0.25) is 0 Å². The van der Waals surface area contributed by atoms with Gasteiger partial charge >= 0.3 is 19.5 Å². The Bertz CT molecular complexity index is 1440. The number of aromatic nitrogens is 1. The number of benzene rings is 4. The Balaban J connectivity index is 0.000000270. The second-order valence-electron chi connectivity index (χ2n) is 8.88. The molecule has 0 radical (unpaired) electrons. The minimum Gasteiger partial charge on any atom is -0.808 e. The summed E-state index contributed by atoms with van der Waals surface area (Å²) in [5, 5.41) is 9.47. The monoisotopic (exact) mass is 595 g/mol. The third kappa shape index (κ3) is 8.43. The van der Waals surface area contributed by atoms with Crippen molar-refractivity contribution >= 4 is 11.4 Å². The minimum atomic E-state index is 0. The van der Waals surface area contributed by atoms with Crippen molar-refractivity contribution in [1.29, 1.82) is 0 Å². The molecule has 0 amide bonds. The first-order valence-corrected chi connectivity index (χ1v) is 12.5. The molecule has 5 aromatic rings. The molecule has 0 aliphatic rings. The Kier molecular flexibility index (Phi) is 11.1. The molecule has 0 atom stereocenters. The summed E-state index contributed by atoms with van der Waals surface area (Å²) in [6.45, 7) is 3.64. The zero-order valence-electron chi connectivity index (χ0n) is 22.3. The summed E-state index contributed by atoms with van der Waals surface area (Å²) in [6, 6.07) is 45.2. The molecular weight excluding hydrogens is 565 g/mol. The molecule has 0 fully saturated rings. The van der Waals surface area contributed by atoms with Crippen molar-refractivity contribution in [3.8, 4) is 33.5 Å². The third-order valence-electron chi connectivity index (χ3n) is 6.07. The summed E-state index contributed by atoms with van der Waals surface area (Å²) in [7, 11) is 1.98. The van der Waals surface area contributed by atoms with E-state index in [1.165, 1.54) is 16.7 Å². The molecule has 0 aliphatic heterocycles. The van der Waals surface area contributed by atoms with Crippen LogP contribution in [-0.2, 0) is 19.5 Å². The number of hydrogen-bond donors (Lipinski definition) is 0. The van der Waals surface area contributed by atoms with Gasteiger partial charge in [0, 0.05) is 18.9 Å². The number of nitrogens with zero attached hydrogens (tertiary/aromatic N) is 3.